The van der Waals surface area contributed by atoms with Gasteiger partial charge < -0.3 is 5.32 Å². The number of carbonyl (C=O) groups is 1. The van der Waals surface area contributed by atoms with Crippen molar-refractivity contribution in [1.82, 2.24) is 10.3 Å². The van der Waals surface area contributed by atoms with Crippen LogP contribution in [-0.4, -0.2) is 17.9 Å². The highest BCUT2D eigenvalue weighted by Gasteiger charge is 2.10. The molecule has 12 heavy (non-hydrogen) atoms. The minimum Gasteiger partial charge on any atom is -0.354 e. The molecule has 1 amide bonds. The summed E-state index contributed by atoms with van der Waals surface area (Å²) in [4.78, 5) is 14.8. The first-order chi connectivity index (χ1) is 5.65. The Morgan fingerprint density at radius 3 is 2.75 bits per heavy atom. The zero-order chi connectivity index (χ0) is 9.14. The lowest BCUT2D eigenvalue weighted by Gasteiger charge is -2.00. The van der Waals surface area contributed by atoms with Gasteiger partial charge in [-0.3, -0.25) is 4.79 Å². The van der Waals surface area contributed by atoms with E-state index in [1.807, 2.05) is 0 Å². The number of pyridine rings is 1. The first kappa shape index (κ1) is 9.29. The zero-order valence-corrected chi connectivity index (χ0v) is 7.78. The molecule has 1 N–H and O–H groups in total. The Balaban J connectivity index is 3.13. The molecule has 64 valence electrons. The fraction of sp³-hybridized carbons (Fsp3) is 0.143. The van der Waals surface area contributed by atoms with E-state index in [4.69, 9.17) is 23.2 Å². The molecule has 5 heteroatoms. The Bertz CT molecular complexity index is 314. The van der Waals surface area contributed by atoms with Crippen molar-refractivity contribution < 1.29 is 4.79 Å². The third-order valence-corrected chi connectivity index (χ3v) is 1.77. The maximum absolute atomic E-state index is 11.1. The third-order valence-electron chi connectivity index (χ3n) is 1.25. The van der Waals surface area contributed by atoms with Crippen LogP contribution in [0.1, 0.15) is 10.5 Å². The Morgan fingerprint density at radius 1 is 1.50 bits per heavy atom. The van der Waals surface area contributed by atoms with E-state index in [0.29, 0.717) is 5.02 Å². The molecule has 0 fully saturated rings. The van der Waals surface area contributed by atoms with Gasteiger partial charge in [0.15, 0.2) is 0 Å². The van der Waals surface area contributed by atoms with Gasteiger partial charge in [-0.25, -0.2) is 4.98 Å². The number of aromatic nitrogens is 1. The van der Waals surface area contributed by atoms with Crippen molar-refractivity contribution in [2.45, 2.75) is 0 Å². The highest BCUT2D eigenvalue weighted by atomic mass is 35.5. The van der Waals surface area contributed by atoms with E-state index in [0.717, 1.165) is 0 Å². The summed E-state index contributed by atoms with van der Waals surface area (Å²) in [6.45, 7) is 0. The molecular formula is C7H6Cl2N2O. The first-order valence-corrected chi connectivity index (χ1v) is 3.95. The van der Waals surface area contributed by atoms with Crippen LogP contribution in [0.25, 0.3) is 0 Å². The van der Waals surface area contributed by atoms with E-state index in [2.05, 4.69) is 10.3 Å². The lowest BCUT2D eigenvalue weighted by molar-refractivity contribution is 0.0958. The number of nitrogens with zero attached hydrogens (tertiary/aromatic N) is 1. The molecule has 0 aliphatic heterocycles. The second-order valence-corrected chi connectivity index (χ2v) is 2.84. The summed E-state index contributed by atoms with van der Waals surface area (Å²) in [7, 11) is 1.50. The SMILES string of the molecule is CNC(=O)c1nc(Cl)ccc1Cl. The summed E-state index contributed by atoms with van der Waals surface area (Å²) in [6, 6.07) is 3.05. The summed E-state index contributed by atoms with van der Waals surface area (Å²) < 4.78 is 0. The maximum Gasteiger partial charge on any atom is 0.271 e. The van der Waals surface area contributed by atoms with E-state index in [-0.39, 0.29) is 16.8 Å². The van der Waals surface area contributed by atoms with Gasteiger partial charge in [0.2, 0.25) is 0 Å². The highest BCUT2D eigenvalue weighted by Crippen LogP contribution is 2.16. The van der Waals surface area contributed by atoms with Crippen LogP contribution in [0.3, 0.4) is 0 Å². The van der Waals surface area contributed by atoms with Crippen molar-refractivity contribution in [1.29, 1.82) is 0 Å². The Hall–Kier alpha value is -0.800. The molecule has 0 atom stereocenters. The second-order valence-electron chi connectivity index (χ2n) is 2.04. The summed E-state index contributed by atoms with van der Waals surface area (Å²) in [6.07, 6.45) is 0. The molecule has 1 aromatic heterocycles. The molecular weight excluding hydrogens is 199 g/mol. The van der Waals surface area contributed by atoms with Crippen LogP contribution in [-0.2, 0) is 0 Å². The normalized spacial score (nSPS) is 9.58. The minimum absolute atomic E-state index is 0.145. The molecule has 0 aliphatic carbocycles. The molecule has 0 aromatic carbocycles. The second kappa shape index (κ2) is 3.74. The fourth-order valence-corrected chi connectivity index (χ4v) is 1.03. The fourth-order valence-electron chi connectivity index (χ4n) is 0.696. The smallest absolute Gasteiger partial charge is 0.271 e. The van der Waals surface area contributed by atoms with Crippen molar-refractivity contribution >= 4 is 29.1 Å². The molecule has 0 spiro atoms. The van der Waals surface area contributed by atoms with E-state index < -0.39 is 0 Å². The Labute approximate surface area is 79.7 Å². The molecule has 0 saturated heterocycles. The van der Waals surface area contributed by atoms with Gasteiger partial charge in [-0.1, -0.05) is 23.2 Å². The van der Waals surface area contributed by atoms with Gasteiger partial charge in [-0.2, -0.15) is 0 Å². The average molecular weight is 205 g/mol. The third kappa shape index (κ3) is 1.87. The standard InChI is InChI=1S/C7H6Cl2N2O/c1-10-7(12)6-4(8)2-3-5(9)11-6/h2-3H,1H3,(H,10,12). The van der Waals surface area contributed by atoms with Crippen molar-refractivity contribution in [2.24, 2.45) is 0 Å². The number of amides is 1. The average Bonchev–Trinajstić information content (AvgIpc) is 2.08. The largest absolute Gasteiger partial charge is 0.354 e. The summed E-state index contributed by atoms with van der Waals surface area (Å²) in [5.41, 5.74) is 0.145. The molecule has 0 bridgehead atoms. The molecule has 0 saturated carbocycles. The van der Waals surface area contributed by atoms with Gasteiger partial charge in [0, 0.05) is 7.05 Å². The van der Waals surface area contributed by atoms with Crippen LogP contribution in [0, 0.1) is 0 Å². The predicted octanol–water partition coefficient (Wildman–Crippen LogP) is 1.75. The number of hydrogen-bond donors (Lipinski definition) is 1. The molecule has 1 aromatic rings. The Kier molecular flexibility index (Phi) is 2.89. The molecule has 3 nitrogen and oxygen atoms in total. The van der Waals surface area contributed by atoms with Gasteiger partial charge in [-0.15, -0.1) is 0 Å². The molecule has 0 unspecified atom stereocenters. The monoisotopic (exact) mass is 204 g/mol. The van der Waals surface area contributed by atoms with Crippen molar-refractivity contribution in [3.63, 3.8) is 0 Å². The highest BCUT2D eigenvalue weighted by molar-refractivity contribution is 6.34. The summed E-state index contributed by atoms with van der Waals surface area (Å²) in [5.74, 6) is -0.345. The molecule has 0 aliphatic rings. The van der Waals surface area contributed by atoms with Crippen LogP contribution in [0.4, 0.5) is 0 Å². The predicted molar refractivity (Wildman–Crippen MR) is 47.6 cm³/mol. The van der Waals surface area contributed by atoms with Gasteiger partial charge in [-0.05, 0) is 12.1 Å². The number of nitrogens with one attached hydrogen (secondary N) is 1. The van der Waals surface area contributed by atoms with Gasteiger partial charge in [0.05, 0.1) is 5.02 Å². The lowest BCUT2D eigenvalue weighted by Crippen LogP contribution is -2.19. The lowest BCUT2D eigenvalue weighted by atomic mass is 10.3. The number of rotatable bonds is 1. The van der Waals surface area contributed by atoms with Crippen molar-refractivity contribution in [3.8, 4) is 0 Å². The van der Waals surface area contributed by atoms with E-state index in [9.17, 15) is 4.79 Å². The van der Waals surface area contributed by atoms with Crippen LogP contribution in [0.2, 0.25) is 10.2 Å². The molecule has 1 heterocycles. The number of halogens is 2. The molecule has 1 rings (SSSR count). The van der Waals surface area contributed by atoms with E-state index >= 15 is 0 Å². The quantitative estimate of drug-likeness (QED) is 0.709. The zero-order valence-electron chi connectivity index (χ0n) is 6.27. The topological polar surface area (TPSA) is 42.0 Å². The van der Waals surface area contributed by atoms with Crippen molar-refractivity contribution in [3.05, 3.63) is 28.0 Å². The maximum atomic E-state index is 11.1. The van der Waals surface area contributed by atoms with Crippen molar-refractivity contribution in [2.75, 3.05) is 7.05 Å². The van der Waals surface area contributed by atoms with Crippen LogP contribution < -0.4 is 5.32 Å². The van der Waals surface area contributed by atoms with Crippen LogP contribution in [0.15, 0.2) is 12.1 Å². The first-order valence-electron chi connectivity index (χ1n) is 3.19. The number of hydrogen-bond acceptors (Lipinski definition) is 2. The molecule has 0 radical (unpaired) electrons. The number of carbonyl (C=O) groups excluding carboxylic acids is 1. The minimum atomic E-state index is -0.345. The Morgan fingerprint density at radius 2 is 2.17 bits per heavy atom. The van der Waals surface area contributed by atoms with Crippen LogP contribution >= 0.6 is 23.2 Å². The summed E-state index contributed by atoms with van der Waals surface area (Å²) >= 11 is 11.3. The van der Waals surface area contributed by atoms with E-state index in [1.54, 1.807) is 0 Å². The summed E-state index contributed by atoms with van der Waals surface area (Å²) in [5, 5.41) is 2.94. The van der Waals surface area contributed by atoms with Crippen LogP contribution in [0.5, 0.6) is 0 Å². The van der Waals surface area contributed by atoms with Gasteiger partial charge >= 0.3 is 0 Å². The van der Waals surface area contributed by atoms with Gasteiger partial charge in [0.1, 0.15) is 10.8 Å². The van der Waals surface area contributed by atoms with Gasteiger partial charge in [0.25, 0.3) is 5.91 Å². The van der Waals surface area contributed by atoms with E-state index in [1.165, 1.54) is 19.2 Å².